The van der Waals surface area contributed by atoms with Crippen LogP contribution in [0.5, 0.6) is 0 Å². The van der Waals surface area contributed by atoms with Crippen molar-refractivity contribution >= 4 is 5.91 Å². The highest BCUT2D eigenvalue weighted by molar-refractivity contribution is 5.78. The molecule has 2 rings (SSSR count). The Hall–Kier alpha value is -1.58. The number of amides is 1. The van der Waals surface area contributed by atoms with Gasteiger partial charge in [-0.2, -0.15) is 5.10 Å². The third-order valence-electron chi connectivity index (χ3n) is 3.17. The Balaban J connectivity index is 1.83. The van der Waals surface area contributed by atoms with Crippen LogP contribution < -0.4 is 5.32 Å². The Kier molecular flexibility index (Phi) is 3.96. The molecule has 1 atom stereocenters. The van der Waals surface area contributed by atoms with Crippen molar-refractivity contribution in [3.63, 3.8) is 0 Å². The minimum absolute atomic E-state index is 0.0189. The number of hydrogen-bond donors (Lipinski definition) is 2. The number of nitrogens with one attached hydrogen (secondary N) is 2. The molecular formula is C13H19N3O. The minimum Gasteiger partial charge on any atom is -0.349 e. The van der Waals surface area contributed by atoms with E-state index in [0.717, 1.165) is 18.4 Å². The van der Waals surface area contributed by atoms with Gasteiger partial charge in [0.05, 0.1) is 12.2 Å². The second kappa shape index (κ2) is 5.66. The fraction of sp³-hybridized carbons (Fsp3) is 0.538. The smallest absolute Gasteiger partial charge is 0.224 e. The second-order valence-electron chi connectivity index (χ2n) is 4.61. The van der Waals surface area contributed by atoms with Gasteiger partial charge in [0.2, 0.25) is 5.91 Å². The van der Waals surface area contributed by atoms with Crippen LogP contribution in [-0.4, -0.2) is 16.1 Å². The normalized spacial score (nSPS) is 17.4. The number of hydrogen-bond acceptors (Lipinski definition) is 2. The van der Waals surface area contributed by atoms with E-state index < -0.39 is 0 Å². The topological polar surface area (TPSA) is 57.8 Å². The van der Waals surface area contributed by atoms with E-state index in [9.17, 15) is 4.79 Å². The van der Waals surface area contributed by atoms with Gasteiger partial charge in [-0.15, -0.1) is 0 Å². The van der Waals surface area contributed by atoms with Crippen LogP contribution in [0, 0.1) is 0 Å². The summed E-state index contributed by atoms with van der Waals surface area (Å²) >= 11 is 0. The van der Waals surface area contributed by atoms with Crippen LogP contribution in [0.1, 0.15) is 50.6 Å². The Morgan fingerprint density at radius 3 is 3.12 bits per heavy atom. The number of rotatable bonds is 4. The van der Waals surface area contributed by atoms with Crippen molar-refractivity contribution in [1.82, 2.24) is 15.5 Å². The molecule has 0 fully saturated rings. The van der Waals surface area contributed by atoms with Crippen LogP contribution in [0.4, 0.5) is 0 Å². The summed E-state index contributed by atoms with van der Waals surface area (Å²) in [6.45, 7) is 1.97. The maximum atomic E-state index is 11.8. The van der Waals surface area contributed by atoms with E-state index in [1.165, 1.54) is 18.4 Å². The largest absolute Gasteiger partial charge is 0.349 e. The van der Waals surface area contributed by atoms with E-state index in [2.05, 4.69) is 21.6 Å². The number of carbonyl (C=O) groups is 1. The molecule has 4 heteroatoms. The quantitative estimate of drug-likeness (QED) is 0.785. The molecule has 4 nitrogen and oxygen atoms in total. The number of carbonyl (C=O) groups excluding carboxylic acids is 1. The molecule has 0 saturated carbocycles. The molecule has 0 spiro atoms. The highest BCUT2D eigenvalue weighted by atomic mass is 16.1. The number of nitrogens with zero attached hydrogens (tertiary/aromatic N) is 1. The summed E-state index contributed by atoms with van der Waals surface area (Å²) in [5.74, 6) is 0.104. The molecule has 0 radical (unpaired) electrons. The lowest BCUT2D eigenvalue weighted by Gasteiger charge is -2.15. The van der Waals surface area contributed by atoms with E-state index in [4.69, 9.17) is 0 Å². The zero-order chi connectivity index (χ0) is 12.1. The number of aromatic amines is 1. The molecule has 17 heavy (non-hydrogen) atoms. The third kappa shape index (κ3) is 3.44. The van der Waals surface area contributed by atoms with Crippen molar-refractivity contribution in [1.29, 1.82) is 0 Å². The Labute approximate surface area is 101 Å². The van der Waals surface area contributed by atoms with Gasteiger partial charge in [-0.3, -0.25) is 9.89 Å². The highest BCUT2D eigenvalue weighted by Crippen LogP contribution is 2.20. The first-order valence-electron chi connectivity index (χ1n) is 6.21. The summed E-state index contributed by atoms with van der Waals surface area (Å²) in [4.78, 5) is 11.8. The standard InChI is InChI=1S/C13H19N3O/c1-10(12-8-14-15-9-12)16-13(17)7-11-5-3-2-4-6-11/h5,8-10H,2-4,6-7H2,1H3,(H,14,15)(H,16,17). The van der Waals surface area contributed by atoms with E-state index in [1.54, 1.807) is 6.20 Å². The average Bonchev–Trinajstić information content (AvgIpc) is 2.83. The first kappa shape index (κ1) is 11.9. The lowest BCUT2D eigenvalue weighted by molar-refractivity contribution is -0.121. The SMILES string of the molecule is CC(NC(=O)CC1=CCCCC1)c1cn[nH]c1. The molecule has 1 heterocycles. The van der Waals surface area contributed by atoms with Crippen molar-refractivity contribution in [2.24, 2.45) is 0 Å². The molecule has 1 aliphatic carbocycles. The van der Waals surface area contributed by atoms with E-state index in [0.29, 0.717) is 6.42 Å². The molecule has 0 saturated heterocycles. The van der Waals surface area contributed by atoms with Gasteiger partial charge < -0.3 is 5.32 Å². The fourth-order valence-electron chi connectivity index (χ4n) is 2.14. The first-order chi connectivity index (χ1) is 8.25. The molecule has 92 valence electrons. The second-order valence-corrected chi connectivity index (χ2v) is 4.61. The lowest BCUT2D eigenvalue weighted by atomic mass is 9.97. The zero-order valence-corrected chi connectivity index (χ0v) is 10.2. The molecule has 1 unspecified atom stereocenters. The van der Waals surface area contributed by atoms with Crippen LogP contribution in [0.25, 0.3) is 0 Å². The summed E-state index contributed by atoms with van der Waals surface area (Å²) in [6.07, 6.45) is 11.0. The molecule has 1 aromatic heterocycles. The average molecular weight is 233 g/mol. The van der Waals surface area contributed by atoms with Crippen molar-refractivity contribution in [2.75, 3.05) is 0 Å². The monoisotopic (exact) mass is 233 g/mol. The molecule has 0 aromatic carbocycles. The summed E-state index contributed by atoms with van der Waals surface area (Å²) in [5, 5.41) is 9.62. The minimum atomic E-state index is 0.0189. The first-order valence-corrected chi connectivity index (χ1v) is 6.21. The van der Waals surface area contributed by atoms with Gasteiger partial charge in [0, 0.05) is 18.2 Å². The van der Waals surface area contributed by atoms with Gasteiger partial charge in [-0.05, 0) is 32.6 Å². The molecule has 1 amide bonds. The van der Waals surface area contributed by atoms with Gasteiger partial charge in [0.1, 0.15) is 0 Å². The van der Waals surface area contributed by atoms with E-state index >= 15 is 0 Å². The number of aromatic nitrogens is 2. The van der Waals surface area contributed by atoms with Crippen LogP contribution in [-0.2, 0) is 4.79 Å². The molecule has 1 aliphatic rings. The van der Waals surface area contributed by atoms with Crippen LogP contribution in [0.2, 0.25) is 0 Å². The van der Waals surface area contributed by atoms with Gasteiger partial charge in [0.25, 0.3) is 0 Å². The molecule has 0 aliphatic heterocycles. The predicted octanol–water partition coefficient (Wildman–Crippen LogP) is 2.48. The van der Waals surface area contributed by atoms with Crippen molar-refractivity contribution in [2.45, 2.75) is 45.1 Å². The van der Waals surface area contributed by atoms with Crippen LogP contribution in [0.3, 0.4) is 0 Å². The van der Waals surface area contributed by atoms with Crippen LogP contribution >= 0.6 is 0 Å². The van der Waals surface area contributed by atoms with Gasteiger partial charge in [-0.1, -0.05) is 11.6 Å². The molecule has 2 N–H and O–H groups in total. The Morgan fingerprint density at radius 1 is 1.59 bits per heavy atom. The fourth-order valence-corrected chi connectivity index (χ4v) is 2.14. The number of allylic oxidation sites excluding steroid dienone is 1. The Morgan fingerprint density at radius 2 is 2.47 bits per heavy atom. The van der Waals surface area contributed by atoms with Crippen LogP contribution in [0.15, 0.2) is 24.0 Å². The van der Waals surface area contributed by atoms with Gasteiger partial charge >= 0.3 is 0 Å². The predicted molar refractivity (Wildman–Crippen MR) is 66.3 cm³/mol. The molecular weight excluding hydrogens is 214 g/mol. The third-order valence-corrected chi connectivity index (χ3v) is 3.17. The summed E-state index contributed by atoms with van der Waals surface area (Å²) in [7, 11) is 0. The van der Waals surface area contributed by atoms with Gasteiger partial charge in [0.15, 0.2) is 0 Å². The van der Waals surface area contributed by atoms with Crippen molar-refractivity contribution in [3.8, 4) is 0 Å². The summed E-state index contributed by atoms with van der Waals surface area (Å²) in [5.41, 5.74) is 2.30. The summed E-state index contributed by atoms with van der Waals surface area (Å²) in [6, 6.07) is 0.0189. The maximum Gasteiger partial charge on any atom is 0.224 e. The highest BCUT2D eigenvalue weighted by Gasteiger charge is 2.13. The van der Waals surface area contributed by atoms with Crippen molar-refractivity contribution in [3.05, 3.63) is 29.6 Å². The Bertz CT molecular complexity index is 395. The zero-order valence-electron chi connectivity index (χ0n) is 10.2. The number of H-pyrrole nitrogens is 1. The summed E-state index contributed by atoms with van der Waals surface area (Å²) < 4.78 is 0. The van der Waals surface area contributed by atoms with Crippen molar-refractivity contribution < 1.29 is 4.79 Å². The van der Waals surface area contributed by atoms with E-state index in [-0.39, 0.29) is 11.9 Å². The van der Waals surface area contributed by atoms with E-state index in [1.807, 2.05) is 13.1 Å². The lowest BCUT2D eigenvalue weighted by Crippen LogP contribution is -2.26. The van der Waals surface area contributed by atoms with Gasteiger partial charge in [-0.25, -0.2) is 0 Å². The molecule has 0 bridgehead atoms. The maximum absolute atomic E-state index is 11.8. The molecule has 1 aromatic rings.